The van der Waals surface area contributed by atoms with Crippen LogP contribution in [-0.4, -0.2) is 42.5 Å². The van der Waals surface area contributed by atoms with Gasteiger partial charge in [0.2, 0.25) is 0 Å². The Morgan fingerprint density at radius 1 is 1.22 bits per heavy atom. The van der Waals surface area contributed by atoms with Crippen LogP contribution in [0.4, 0.5) is 0 Å². The first-order valence-electron chi connectivity index (χ1n) is 9.12. The van der Waals surface area contributed by atoms with Crippen molar-refractivity contribution in [3.8, 4) is 0 Å². The Hall–Kier alpha value is -1.19. The highest BCUT2D eigenvalue weighted by molar-refractivity contribution is 14.0. The number of aliphatic imine (C=N–C) groups is 1. The van der Waals surface area contributed by atoms with Crippen molar-refractivity contribution >= 4 is 41.3 Å². The van der Waals surface area contributed by atoms with Gasteiger partial charge in [-0.15, -0.1) is 35.3 Å². The fraction of sp³-hybridized carbons (Fsp3) is 0.500. The topological polar surface area (TPSA) is 52.6 Å². The zero-order valence-electron chi connectivity index (χ0n) is 17.0. The molecular formula is C20H32IN5S. The lowest BCUT2D eigenvalue weighted by Gasteiger charge is -2.23. The zero-order valence-corrected chi connectivity index (χ0v) is 20.1. The molecule has 2 rings (SSSR count). The number of rotatable bonds is 8. The van der Waals surface area contributed by atoms with Gasteiger partial charge in [-0.1, -0.05) is 24.3 Å². The molecule has 150 valence electrons. The van der Waals surface area contributed by atoms with Gasteiger partial charge in [-0.2, -0.15) is 0 Å². The average Bonchev–Trinajstić information content (AvgIpc) is 3.04. The minimum absolute atomic E-state index is 0. The normalized spacial score (nSPS) is 11.6. The van der Waals surface area contributed by atoms with Gasteiger partial charge < -0.3 is 10.6 Å². The van der Waals surface area contributed by atoms with Gasteiger partial charge in [0.15, 0.2) is 5.96 Å². The molecule has 2 aromatic rings. The number of thiazole rings is 1. The van der Waals surface area contributed by atoms with Crippen molar-refractivity contribution in [3.63, 3.8) is 0 Å². The van der Waals surface area contributed by atoms with Gasteiger partial charge in [-0.25, -0.2) is 4.98 Å². The predicted octanol–water partition coefficient (Wildman–Crippen LogP) is 3.82. The number of guanidine groups is 1. The average molecular weight is 501 g/mol. The summed E-state index contributed by atoms with van der Waals surface area (Å²) >= 11 is 1.70. The second kappa shape index (κ2) is 12.3. The number of halogens is 1. The van der Waals surface area contributed by atoms with Crippen LogP contribution < -0.4 is 10.6 Å². The highest BCUT2D eigenvalue weighted by Crippen LogP contribution is 2.12. The highest BCUT2D eigenvalue weighted by Gasteiger charge is 2.08. The predicted molar refractivity (Wildman–Crippen MR) is 127 cm³/mol. The summed E-state index contributed by atoms with van der Waals surface area (Å²) in [7, 11) is 3.97. The van der Waals surface area contributed by atoms with E-state index in [0.29, 0.717) is 6.04 Å². The van der Waals surface area contributed by atoms with Gasteiger partial charge in [-0.3, -0.25) is 9.89 Å². The van der Waals surface area contributed by atoms with E-state index in [4.69, 9.17) is 0 Å². The molecule has 2 N–H and O–H groups in total. The maximum atomic E-state index is 4.49. The van der Waals surface area contributed by atoms with Gasteiger partial charge in [0.1, 0.15) is 0 Å². The van der Waals surface area contributed by atoms with Crippen LogP contribution in [0.1, 0.15) is 35.7 Å². The summed E-state index contributed by atoms with van der Waals surface area (Å²) in [4.78, 5) is 11.2. The summed E-state index contributed by atoms with van der Waals surface area (Å²) in [5.41, 5.74) is 3.79. The molecule has 7 heteroatoms. The van der Waals surface area contributed by atoms with E-state index in [-0.39, 0.29) is 24.0 Å². The van der Waals surface area contributed by atoms with E-state index in [1.165, 1.54) is 11.1 Å². The number of nitrogens with one attached hydrogen (secondary N) is 2. The third-order valence-electron chi connectivity index (χ3n) is 4.43. The largest absolute Gasteiger partial charge is 0.356 e. The van der Waals surface area contributed by atoms with E-state index in [0.717, 1.165) is 42.7 Å². The van der Waals surface area contributed by atoms with E-state index >= 15 is 0 Å². The molecule has 0 fully saturated rings. The second-order valence-corrected chi connectivity index (χ2v) is 7.80. The fourth-order valence-electron chi connectivity index (χ4n) is 2.57. The van der Waals surface area contributed by atoms with Gasteiger partial charge in [0.05, 0.1) is 10.7 Å². The van der Waals surface area contributed by atoms with Crippen molar-refractivity contribution < 1.29 is 0 Å². The van der Waals surface area contributed by atoms with Crippen molar-refractivity contribution in [3.05, 3.63) is 51.5 Å². The van der Waals surface area contributed by atoms with E-state index in [1.807, 2.05) is 6.92 Å². The highest BCUT2D eigenvalue weighted by atomic mass is 127. The molecule has 0 spiro atoms. The molecule has 0 radical (unpaired) electrons. The molecular weight excluding hydrogens is 469 g/mol. The molecule has 0 bridgehead atoms. The number of aromatic nitrogens is 1. The Kier molecular flexibility index (Phi) is 10.9. The lowest BCUT2D eigenvalue weighted by molar-refractivity contribution is 0.265. The summed E-state index contributed by atoms with van der Waals surface area (Å²) in [6.45, 7) is 9.01. The maximum Gasteiger partial charge on any atom is 0.191 e. The van der Waals surface area contributed by atoms with E-state index in [9.17, 15) is 0 Å². The summed E-state index contributed by atoms with van der Waals surface area (Å²) in [5, 5.41) is 10.0. The Morgan fingerprint density at radius 2 is 1.93 bits per heavy atom. The van der Waals surface area contributed by atoms with Crippen LogP contribution in [0, 0.1) is 6.92 Å². The molecule has 0 aliphatic heterocycles. The first kappa shape index (κ1) is 23.8. The standard InChI is InChI=1S/C20H31N5S.HI/c1-15(2)25(5)13-18-9-7-6-8-17(18)12-23-20(21-4)22-11-10-19-14-26-16(3)24-19;/h6-9,14-15H,10-13H2,1-5H3,(H2,21,22,23);1H. The molecule has 0 saturated heterocycles. The SMILES string of the molecule is CN=C(NCCc1csc(C)n1)NCc1ccccc1CN(C)C(C)C.I. The third kappa shape index (κ3) is 8.15. The molecule has 1 aromatic heterocycles. The summed E-state index contributed by atoms with van der Waals surface area (Å²) in [5.74, 6) is 0.823. The number of hydrogen-bond donors (Lipinski definition) is 2. The summed E-state index contributed by atoms with van der Waals surface area (Å²) in [6.07, 6.45) is 0.904. The quantitative estimate of drug-likeness (QED) is 0.328. The Labute approximate surface area is 184 Å². The first-order valence-corrected chi connectivity index (χ1v) is 10.00. The minimum Gasteiger partial charge on any atom is -0.356 e. The molecule has 0 unspecified atom stereocenters. The second-order valence-electron chi connectivity index (χ2n) is 6.74. The van der Waals surface area contributed by atoms with Crippen molar-refractivity contribution in [2.24, 2.45) is 4.99 Å². The molecule has 0 aliphatic carbocycles. The summed E-state index contributed by atoms with van der Waals surface area (Å²) < 4.78 is 0. The minimum atomic E-state index is 0. The zero-order chi connectivity index (χ0) is 18.9. The van der Waals surface area contributed by atoms with Crippen LogP contribution in [0.2, 0.25) is 0 Å². The smallest absolute Gasteiger partial charge is 0.191 e. The van der Waals surface area contributed by atoms with Gasteiger partial charge in [0.25, 0.3) is 0 Å². The third-order valence-corrected chi connectivity index (χ3v) is 5.25. The molecule has 0 amide bonds. The lowest BCUT2D eigenvalue weighted by atomic mass is 10.1. The van der Waals surface area contributed by atoms with Crippen molar-refractivity contribution in [1.82, 2.24) is 20.5 Å². The van der Waals surface area contributed by atoms with Gasteiger partial charge in [0, 0.05) is 44.5 Å². The number of aryl methyl sites for hydroxylation is 1. The van der Waals surface area contributed by atoms with E-state index in [2.05, 4.69) is 76.1 Å². The molecule has 1 heterocycles. The van der Waals surface area contributed by atoms with Crippen LogP contribution in [-0.2, 0) is 19.5 Å². The van der Waals surface area contributed by atoms with Gasteiger partial charge >= 0.3 is 0 Å². The van der Waals surface area contributed by atoms with Crippen molar-refractivity contribution in [1.29, 1.82) is 0 Å². The van der Waals surface area contributed by atoms with Crippen molar-refractivity contribution in [2.75, 3.05) is 20.6 Å². The Balaban J connectivity index is 0.00000364. The number of nitrogens with zero attached hydrogens (tertiary/aromatic N) is 3. The fourth-order valence-corrected chi connectivity index (χ4v) is 3.21. The number of hydrogen-bond acceptors (Lipinski definition) is 4. The molecule has 0 aliphatic rings. The van der Waals surface area contributed by atoms with Crippen molar-refractivity contribution in [2.45, 2.75) is 46.3 Å². The molecule has 0 atom stereocenters. The lowest BCUT2D eigenvalue weighted by Crippen LogP contribution is -2.38. The maximum absolute atomic E-state index is 4.49. The van der Waals surface area contributed by atoms with Crippen LogP contribution in [0.25, 0.3) is 0 Å². The number of benzene rings is 1. The Morgan fingerprint density at radius 3 is 2.52 bits per heavy atom. The summed E-state index contributed by atoms with van der Waals surface area (Å²) in [6, 6.07) is 9.12. The molecule has 1 aromatic carbocycles. The van der Waals surface area contributed by atoms with E-state index < -0.39 is 0 Å². The van der Waals surface area contributed by atoms with Crippen LogP contribution in [0.3, 0.4) is 0 Å². The van der Waals surface area contributed by atoms with Crippen LogP contribution >= 0.6 is 35.3 Å². The first-order chi connectivity index (χ1) is 12.5. The van der Waals surface area contributed by atoms with Crippen LogP contribution in [0.5, 0.6) is 0 Å². The molecule has 0 saturated carbocycles. The molecule has 5 nitrogen and oxygen atoms in total. The monoisotopic (exact) mass is 501 g/mol. The van der Waals surface area contributed by atoms with Crippen LogP contribution in [0.15, 0.2) is 34.6 Å². The van der Waals surface area contributed by atoms with E-state index in [1.54, 1.807) is 18.4 Å². The van der Waals surface area contributed by atoms with Gasteiger partial charge in [-0.05, 0) is 38.9 Å². The Bertz CT molecular complexity index is 714. The molecule has 27 heavy (non-hydrogen) atoms.